The van der Waals surface area contributed by atoms with Crippen molar-refractivity contribution in [2.75, 3.05) is 6.61 Å². The van der Waals surface area contributed by atoms with Crippen LogP contribution < -0.4 is 10.6 Å². The molecule has 0 bridgehead atoms. The zero-order valence-electron chi connectivity index (χ0n) is 10.9. The lowest BCUT2D eigenvalue weighted by molar-refractivity contribution is 0.0860. The number of pyridine rings is 1. The van der Waals surface area contributed by atoms with Crippen LogP contribution in [0.5, 0.6) is 0 Å². The van der Waals surface area contributed by atoms with Crippen LogP contribution in [0.4, 0.5) is 9.18 Å². The Morgan fingerprint density at radius 3 is 3.21 bits per heavy atom. The first-order valence-electron chi connectivity index (χ1n) is 6.42. The van der Waals surface area contributed by atoms with Gasteiger partial charge in [-0.1, -0.05) is 0 Å². The van der Waals surface area contributed by atoms with Gasteiger partial charge in [0.1, 0.15) is 5.82 Å². The van der Waals surface area contributed by atoms with Gasteiger partial charge in [-0.25, -0.2) is 9.18 Å². The summed E-state index contributed by atoms with van der Waals surface area (Å²) in [5.74, 6) is -0.421. The molecule has 1 saturated heterocycles. The Hall–Kier alpha value is -1.69. The third-order valence-corrected chi connectivity index (χ3v) is 3.13. The lowest BCUT2D eigenvalue weighted by Gasteiger charge is -2.20. The molecule has 2 heterocycles. The molecule has 0 spiro atoms. The number of hydrogen-bond acceptors (Lipinski definition) is 3. The molecule has 1 aromatic rings. The van der Waals surface area contributed by atoms with Crippen LogP contribution in [0.2, 0.25) is 0 Å². The minimum atomic E-state index is -0.421. The van der Waals surface area contributed by atoms with E-state index in [1.54, 1.807) is 0 Å². The summed E-state index contributed by atoms with van der Waals surface area (Å²) in [5.41, 5.74) is 0.224. The first kappa shape index (κ1) is 13.7. The second-order valence-electron chi connectivity index (χ2n) is 4.60. The highest BCUT2D eigenvalue weighted by molar-refractivity contribution is 5.74. The molecule has 1 aromatic heterocycles. The van der Waals surface area contributed by atoms with Gasteiger partial charge in [0.2, 0.25) is 0 Å². The molecule has 6 heteroatoms. The molecule has 0 radical (unpaired) electrons. The van der Waals surface area contributed by atoms with Crippen LogP contribution in [0.3, 0.4) is 0 Å². The van der Waals surface area contributed by atoms with Gasteiger partial charge in [-0.15, -0.1) is 0 Å². The topological polar surface area (TPSA) is 63.2 Å². The van der Waals surface area contributed by atoms with Crippen LogP contribution in [0.15, 0.2) is 18.3 Å². The Labute approximate surface area is 111 Å². The lowest BCUT2D eigenvalue weighted by Crippen LogP contribution is -2.45. The summed E-state index contributed by atoms with van der Waals surface area (Å²) in [5, 5.41) is 5.37. The molecular weight excluding hydrogens is 249 g/mol. The molecule has 5 nitrogen and oxygen atoms in total. The van der Waals surface area contributed by atoms with Gasteiger partial charge in [0.25, 0.3) is 0 Å². The number of urea groups is 1. The standard InChI is InChI=1S/C13H18FN3O2/c1-9(12-5-3-7-19-12)17-13(18)16-8-11-10(14)4-2-6-15-11/h2,4,6,9,12H,3,5,7-8H2,1H3,(H2,16,17,18). The van der Waals surface area contributed by atoms with Crippen molar-refractivity contribution in [2.24, 2.45) is 0 Å². The summed E-state index contributed by atoms with van der Waals surface area (Å²) >= 11 is 0. The molecule has 104 valence electrons. The van der Waals surface area contributed by atoms with Crippen molar-refractivity contribution < 1.29 is 13.9 Å². The van der Waals surface area contributed by atoms with Crippen molar-refractivity contribution in [2.45, 2.75) is 38.5 Å². The number of nitrogens with zero attached hydrogens (tertiary/aromatic N) is 1. The maximum absolute atomic E-state index is 13.3. The van der Waals surface area contributed by atoms with Gasteiger partial charge in [-0.3, -0.25) is 4.98 Å². The van der Waals surface area contributed by atoms with E-state index in [2.05, 4.69) is 15.6 Å². The number of ether oxygens (including phenoxy) is 1. The summed E-state index contributed by atoms with van der Waals surface area (Å²) < 4.78 is 18.8. The molecule has 2 amide bonds. The summed E-state index contributed by atoms with van der Waals surface area (Å²) in [6.45, 7) is 2.71. The summed E-state index contributed by atoms with van der Waals surface area (Å²) in [6, 6.07) is 2.43. The number of aromatic nitrogens is 1. The van der Waals surface area contributed by atoms with E-state index in [-0.39, 0.29) is 30.4 Å². The SMILES string of the molecule is CC(NC(=O)NCc1ncccc1F)C1CCCO1. The van der Waals surface area contributed by atoms with Crippen molar-refractivity contribution in [3.63, 3.8) is 0 Å². The van der Waals surface area contributed by atoms with Crippen LogP contribution in [0.25, 0.3) is 0 Å². The fourth-order valence-corrected chi connectivity index (χ4v) is 2.06. The van der Waals surface area contributed by atoms with Crippen molar-refractivity contribution in [3.05, 3.63) is 29.8 Å². The number of hydrogen-bond donors (Lipinski definition) is 2. The van der Waals surface area contributed by atoms with Crippen LogP contribution >= 0.6 is 0 Å². The second kappa shape index (κ2) is 6.47. The van der Waals surface area contributed by atoms with Crippen molar-refractivity contribution in [1.82, 2.24) is 15.6 Å². The van der Waals surface area contributed by atoms with Gasteiger partial charge >= 0.3 is 6.03 Å². The zero-order valence-corrected chi connectivity index (χ0v) is 10.9. The Morgan fingerprint density at radius 1 is 1.68 bits per heavy atom. The maximum Gasteiger partial charge on any atom is 0.315 e. The molecule has 2 N–H and O–H groups in total. The van der Waals surface area contributed by atoms with Crippen LogP contribution in [0, 0.1) is 5.82 Å². The number of carbonyl (C=O) groups is 1. The average Bonchev–Trinajstić information content (AvgIpc) is 2.91. The fraction of sp³-hybridized carbons (Fsp3) is 0.538. The van der Waals surface area contributed by atoms with Gasteiger partial charge < -0.3 is 15.4 Å². The summed E-state index contributed by atoms with van der Waals surface area (Å²) in [4.78, 5) is 15.5. The molecule has 0 saturated carbocycles. The molecule has 0 aromatic carbocycles. The predicted molar refractivity (Wildman–Crippen MR) is 68.0 cm³/mol. The van der Waals surface area contributed by atoms with E-state index >= 15 is 0 Å². The highest BCUT2D eigenvalue weighted by atomic mass is 19.1. The van der Waals surface area contributed by atoms with E-state index in [1.165, 1.54) is 18.3 Å². The first-order valence-corrected chi connectivity index (χ1v) is 6.42. The maximum atomic E-state index is 13.3. The van der Waals surface area contributed by atoms with Gasteiger partial charge in [0.15, 0.2) is 0 Å². The number of amides is 2. The highest BCUT2D eigenvalue weighted by Gasteiger charge is 2.23. The Bertz CT molecular complexity index is 436. The van der Waals surface area contributed by atoms with E-state index in [9.17, 15) is 9.18 Å². The van der Waals surface area contributed by atoms with Gasteiger partial charge in [0.05, 0.1) is 24.4 Å². The molecular formula is C13H18FN3O2. The third kappa shape index (κ3) is 3.89. The zero-order chi connectivity index (χ0) is 13.7. The molecule has 2 unspecified atom stereocenters. The smallest absolute Gasteiger partial charge is 0.315 e. The van der Waals surface area contributed by atoms with Gasteiger partial charge in [0, 0.05) is 12.8 Å². The molecule has 2 rings (SSSR count). The molecule has 0 aliphatic carbocycles. The number of carbonyl (C=O) groups excluding carboxylic acids is 1. The van der Waals surface area contributed by atoms with E-state index in [0.29, 0.717) is 0 Å². The molecule has 1 fully saturated rings. The Balaban J connectivity index is 1.77. The van der Waals surface area contributed by atoms with Crippen molar-refractivity contribution in [3.8, 4) is 0 Å². The first-order chi connectivity index (χ1) is 9.16. The highest BCUT2D eigenvalue weighted by Crippen LogP contribution is 2.15. The molecule has 19 heavy (non-hydrogen) atoms. The monoisotopic (exact) mass is 267 g/mol. The van der Waals surface area contributed by atoms with Crippen molar-refractivity contribution >= 4 is 6.03 Å². The largest absolute Gasteiger partial charge is 0.376 e. The lowest BCUT2D eigenvalue weighted by atomic mass is 10.1. The van der Waals surface area contributed by atoms with E-state index in [4.69, 9.17) is 4.74 Å². The molecule has 2 atom stereocenters. The van der Waals surface area contributed by atoms with Crippen LogP contribution in [-0.4, -0.2) is 29.8 Å². The molecule has 1 aliphatic rings. The van der Waals surface area contributed by atoms with Gasteiger partial charge in [-0.05, 0) is 31.9 Å². The van der Waals surface area contributed by atoms with Gasteiger partial charge in [-0.2, -0.15) is 0 Å². The minimum Gasteiger partial charge on any atom is -0.376 e. The quantitative estimate of drug-likeness (QED) is 0.870. The predicted octanol–water partition coefficient (Wildman–Crippen LogP) is 1.59. The Kier molecular flexibility index (Phi) is 4.68. The van der Waals surface area contributed by atoms with Crippen molar-refractivity contribution in [1.29, 1.82) is 0 Å². The van der Waals surface area contributed by atoms with Crippen LogP contribution in [-0.2, 0) is 11.3 Å². The fourth-order valence-electron chi connectivity index (χ4n) is 2.06. The number of nitrogens with one attached hydrogen (secondary N) is 2. The summed E-state index contributed by atoms with van der Waals surface area (Å²) in [6.07, 6.45) is 3.54. The normalized spacial score (nSPS) is 20.0. The van der Waals surface area contributed by atoms with E-state index < -0.39 is 5.82 Å². The van der Waals surface area contributed by atoms with Crippen LogP contribution in [0.1, 0.15) is 25.5 Å². The molecule has 1 aliphatic heterocycles. The number of halogens is 1. The number of rotatable bonds is 4. The summed E-state index contributed by atoms with van der Waals surface area (Å²) in [7, 11) is 0. The average molecular weight is 267 g/mol. The Morgan fingerprint density at radius 2 is 2.53 bits per heavy atom. The minimum absolute atomic E-state index is 0.0592. The third-order valence-electron chi connectivity index (χ3n) is 3.13. The van der Waals surface area contributed by atoms with E-state index in [0.717, 1.165) is 19.4 Å². The van der Waals surface area contributed by atoms with E-state index in [1.807, 2.05) is 6.92 Å². The second-order valence-corrected chi connectivity index (χ2v) is 4.60.